The molecule has 10 heavy (non-hydrogen) atoms. The van der Waals surface area contributed by atoms with E-state index in [2.05, 4.69) is 0 Å². The molecule has 1 heterocycles. The number of hydrogen-bond donors (Lipinski definition) is 1. The van der Waals surface area contributed by atoms with Crippen molar-refractivity contribution in [2.24, 2.45) is 0 Å². The van der Waals surface area contributed by atoms with Crippen molar-refractivity contribution in [1.29, 1.82) is 0 Å². The molecule has 0 amide bonds. The van der Waals surface area contributed by atoms with E-state index in [9.17, 15) is 4.39 Å². The minimum Gasteiger partial charge on any atom is -0.388 e. The lowest BCUT2D eigenvalue weighted by atomic mass is 10.1. The van der Waals surface area contributed by atoms with Gasteiger partial charge < -0.3 is 5.11 Å². The number of thiophene rings is 1. The minimum absolute atomic E-state index is 0.292. The van der Waals surface area contributed by atoms with Crippen molar-refractivity contribution in [3.05, 3.63) is 22.1 Å². The zero-order valence-electron chi connectivity index (χ0n) is 5.67. The summed E-state index contributed by atoms with van der Waals surface area (Å²) in [5, 5.41) is 12.2. The third kappa shape index (κ3) is 1.36. The molecule has 56 valence electrons. The van der Waals surface area contributed by atoms with Crippen LogP contribution >= 0.6 is 11.3 Å². The molecule has 1 rings (SSSR count). The van der Waals surface area contributed by atoms with Crippen LogP contribution in [0.4, 0.5) is 4.39 Å². The molecule has 0 saturated carbocycles. The second-order valence-corrected chi connectivity index (χ2v) is 2.84. The summed E-state index contributed by atoms with van der Waals surface area (Å²) >= 11 is 1.27. The fraction of sp³-hybridized carbons (Fsp3) is 0.429. The number of rotatable bonds is 2. The van der Waals surface area contributed by atoms with E-state index < -0.39 is 6.10 Å². The first-order valence-corrected chi connectivity index (χ1v) is 4.09. The lowest BCUT2D eigenvalue weighted by Crippen LogP contribution is -1.94. The second kappa shape index (κ2) is 3.12. The Labute approximate surface area is 63.1 Å². The molecule has 1 nitrogen and oxygen atoms in total. The summed E-state index contributed by atoms with van der Waals surface area (Å²) in [6.07, 6.45) is -0.0700. The standard InChI is InChI=1S/C7H9FOS/c1-2-7(9)5-3-10-4-6(5)8/h3-4,7,9H,2H2,1H3. The molecule has 0 aliphatic rings. The van der Waals surface area contributed by atoms with Crippen LogP contribution in [0.15, 0.2) is 10.8 Å². The van der Waals surface area contributed by atoms with Gasteiger partial charge in [0.1, 0.15) is 5.82 Å². The number of aliphatic hydroxyl groups excluding tert-OH is 1. The molecule has 1 aromatic rings. The van der Waals surface area contributed by atoms with Crippen molar-refractivity contribution in [2.45, 2.75) is 19.4 Å². The molecule has 1 N–H and O–H groups in total. The zero-order chi connectivity index (χ0) is 7.56. The van der Waals surface area contributed by atoms with E-state index in [-0.39, 0.29) is 5.82 Å². The number of aliphatic hydroxyl groups is 1. The van der Waals surface area contributed by atoms with Crippen LogP contribution in [0.25, 0.3) is 0 Å². The Morgan fingerprint density at radius 3 is 2.80 bits per heavy atom. The zero-order valence-corrected chi connectivity index (χ0v) is 6.49. The molecule has 0 saturated heterocycles. The highest BCUT2D eigenvalue weighted by atomic mass is 32.1. The average molecular weight is 160 g/mol. The van der Waals surface area contributed by atoms with Gasteiger partial charge in [0.05, 0.1) is 6.10 Å². The first kappa shape index (κ1) is 7.69. The molecule has 0 fully saturated rings. The van der Waals surface area contributed by atoms with Crippen molar-refractivity contribution in [3.63, 3.8) is 0 Å². The van der Waals surface area contributed by atoms with E-state index in [1.54, 1.807) is 5.38 Å². The fourth-order valence-corrected chi connectivity index (χ4v) is 1.49. The fourth-order valence-electron chi connectivity index (χ4n) is 0.749. The molecule has 0 radical (unpaired) electrons. The highest BCUT2D eigenvalue weighted by Gasteiger charge is 2.10. The van der Waals surface area contributed by atoms with Gasteiger partial charge in [0, 0.05) is 10.9 Å². The van der Waals surface area contributed by atoms with Gasteiger partial charge in [-0.1, -0.05) is 6.92 Å². The Bertz CT molecular complexity index is 209. The van der Waals surface area contributed by atoms with Gasteiger partial charge in [-0.25, -0.2) is 4.39 Å². The van der Waals surface area contributed by atoms with Gasteiger partial charge in [0.15, 0.2) is 0 Å². The van der Waals surface area contributed by atoms with E-state index in [1.807, 2.05) is 6.92 Å². The molecule has 3 heteroatoms. The van der Waals surface area contributed by atoms with Crippen LogP contribution < -0.4 is 0 Å². The topological polar surface area (TPSA) is 20.2 Å². The Hall–Kier alpha value is -0.410. The molecule has 0 bridgehead atoms. The van der Waals surface area contributed by atoms with E-state index in [0.717, 1.165) is 0 Å². The van der Waals surface area contributed by atoms with Crippen LogP contribution in [0.1, 0.15) is 25.0 Å². The SMILES string of the molecule is CCC(O)c1cscc1F. The quantitative estimate of drug-likeness (QED) is 0.704. The second-order valence-electron chi connectivity index (χ2n) is 2.10. The van der Waals surface area contributed by atoms with Gasteiger partial charge in [-0.3, -0.25) is 0 Å². The first-order chi connectivity index (χ1) is 4.75. The van der Waals surface area contributed by atoms with Gasteiger partial charge in [0.2, 0.25) is 0 Å². The van der Waals surface area contributed by atoms with Crippen molar-refractivity contribution in [1.82, 2.24) is 0 Å². The average Bonchev–Trinajstić information content (AvgIpc) is 2.34. The molecular formula is C7H9FOS. The summed E-state index contributed by atoms with van der Waals surface area (Å²) < 4.78 is 12.6. The normalized spacial score (nSPS) is 13.5. The molecular weight excluding hydrogens is 151 g/mol. The molecule has 1 unspecified atom stereocenters. The van der Waals surface area contributed by atoms with Crippen LogP contribution in [0, 0.1) is 5.82 Å². The largest absolute Gasteiger partial charge is 0.388 e. The van der Waals surface area contributed by atoms with Gasteiger partial charge in [-0.05, 0) is 11.8 Å². The molecule has 0 aliphatic heterocycles. The summed E-state index contributed by atoms with van der Waals surface area (Å²) in [6, 6.07) is 0. The Balaban J connectivity index is 2.82. The predicted molar refractivity (Wildman–Crippen MR) is 39.5 cm³/mol. The third-order valence-electron chi connectivity index (χ3n) is 1.39. The maximum atomic E-state index is 12.6. The van der Waals surface area contributed by atoms with Crippen LogP contribution in [-0.2, 0) is 0 Å². The van der Waals surface area contributed by atoms with Crippen LogP contribution in [0.3, 0.4) is 0 Å². The molecule has 0 aliphatic carbocycles. The van der Waals surface area contributed by atoms with Gasteiger partial charge in [-0.15, -0.1) is 11.3 Å². The number of hydrogen-bond acceptors (Lipinski definition) is 2. The summed E-state index contributed by atoms with van der Waals surface area (Å²) in [5.41, 5.74) is 0.424. The molecule has 0 spiro atoms. The van der Waals surface area contributed by atoms with Gasteiger partial charge >= 0.3 is 0 Å². The summed E-state index contributed by atoms with van der Waals surface area (Å²) in [7, 11) is 0. The predicted octanol–water partition coefficient (Wildman–Crippen LogP) is 2.33. The highest BCUT2D eigenvalue weighted by molar-refractivity contribution is 7.08. The molecule has 0 aromatic carbocycles. The maximum Gasteiger partial charge on any atom is 0.139 e. The number of halogens is 1. The van der Waals surface area contributed by atoms with Crippen LogP contribution in [0.2, 0.25) is 0 Å². The van der Waals surface area contributed by atoms with Crippen molar-refractivity contribution in [3.8, 4) is 0 Å². The van der Waals surface area contributed by atoms with Gasteiger partial charge in [0.25, 0.3) is 0 Å². The Kier molecular flexibility index (Phi) is 2.40. The third-order valence-corrected chi connectivity index (χ3v) is 2.12. The van der Waals surface area contributed by atoms with E-state index in [0.29, 0.717) is 12.0 Å². The summed E-state index contributed by atoms with van der Waals surface area (Å²) in [6.45, 7) is 1.82. The molecule has 1 aromatic heterocycles. The first-order valence-electron chi connectivity index (χ1n) is 3.15. The summed E-state index contributed by atoms with van der Waals surface area (Å²) in [4.78, 5) is 0. The Morgan fingerprint density at radius 1 is 1.70 bits per heavy atom. The van der Waals surface area contributed by atoms with Crippen molar-refractivity contribution < 1.29 is 9.50 Å². The lowest BCUT2D eigenvalue weighted by molar-refractivity contribution is 0.169. The van der Waals surface area contributed by atoms with E-state index in [1.165, 1.54) is 16.7 Å². The van der Waals surface area contributed by atoms with E-state index in [4.69, 9.17) is 5.11 Å². The van der Waals surface area contributed by atoms with E-state index >= 15 is 0 Å². The smallest absolute Gasteiger partial charge is 0.139 e. The lowest BCUT2D eigenvalue weighted by Gasteiger charge is -2.03. The maximum absolute atomic E-state index is 12.6. The monoisotopic (exact) mass is 160 g/mol. The minimum atomic E-state index is -0.633. The van der Waals surface area contributed by atoms with Crippen molar-refractivity contribution >= 4 is 11.3 Å². The van der Waals surface area contributed by atoms with Crippen molar-refractivity contribution in [2.75, 3.05) is 0 Å². The van der Waals surface area contributed by atoms with Crippen LogP contribution in [-0.4, -0.2) is 5.11 Å². The van der Waals surface area contributed by atoms with Crippen LogP contribution in [0.5, 0.6) is 0 Å². The summed E-state index contributed by atoms with van der Waals surface area (Å²) in [5.74, 6) is -0.292. The Morgan fingerprint density at radius 2 is 2.40 bits per heavy atom. The van der Waals surface area contributed by atoms with Gasteiger partial charge in [-0.2, -0.15) is 0 Å². The highest BCUT2D eigenvalue weighted by Crippen LogP contribution is 2.22. The molecule has 1 atom stereocenters.